The van der Waals surface area contributed by atoms with E-state index in [0.29, 0.717) is 35.9 Å². The summed E-state index contributed by atoms with van der Waals surface area (Å²) in [6.45, 7) is 1.49. The van der Waals surface area contributed by atoms with Gasteiger partial charge in [-0.2, -0.15) is 13.2 Å². The molecule has 1 fully saturated rings. The number of carbonyl (C=O) groups is 2. The average Bonchev–Trinajstić information content (AvgIpc) is 2.82. The summed E-state index contributed by atoms with van der Waals surface area (Å²) in [5, 5.41) is 3.09. The van der Waals surface area contributed by atoms with Gasteiger partial charge in [-0.05, 0) is 50.4 Å². The number of benzene rings is 1. The number of hydrogen-bond acceptors (Lipinski definition) is 5. The van der Waals surface area contributed by atoms with E-state index in [0.717, 1.165) is 12.8 Å². The molecule has 11 heteroatoms. The molecule has 1 aromatic heterocycles. The maximum Gasteiger partial charge on any atom is 0.389 e. The lowest BCUT2D eigenvalue weighted by Gasteiger charge is -2.31. The first-order valence-electron chi connectivity index (χ1n) is 11.9. The van der Waals surface area contributed by atoms with Gasteiger partial charge in [0.1, 0.15) is 5.82 Å². The van der Waals surface area contributed by atoms with Crippen molar-refractivity contribution >= 4 is 23.3 Å². The molecule has 0 saturated carbocycles. The van der Waals surface area contributed by atoms with E-state index in [4.69, 9.17) is 11.6 Å². The minimum Gasteiger partial charge on any atom is -0.358 e. The highest BCUT2D eigenvalue weighted by atomic mass is 35.5. The zero-order chi connectivity index (χ0) is 26.3. The van der Waals surface area contributed by atoms with Gasteiger partial charge in [0.25, 0.3) is 5.56 Å². The molecule has 1 amide bonds. The number of ketones is 1. The highest BCUT2D eigenvalue weighted by Crippen LogP contribution is 2.24. The van der Waals surface area contributed by atoms with Crippen LogP contribution in [0.5, 0.6) is 0 Å². The molecule has 1 aromatic carbocycles. The van der Waals surface area contributed by atoms with Crippen LogP contribution in [0.25, 0.3) is 11.3 Å². The van der Waals surface area contributed by atoms with Crippen LogP contribution >= 0.6 is 11.6 Å². The molecule has 0 spiro atoms. The predicted octanol–water partition coefficient (Wildman–Crippen LogP) is 3.87. The van der Waals surface area contributed by atoms with Gasteiger partial charge in [-0.25, -0.2) is 4.98 Å². The van der Waals surface area contributed by atoms with Crippen molar-refractivity contribution in [3.63, 3.8) is 0 Å². The van der Waals surface area contributed by atoms with Gasteiger partial charge in [-0.3, -0.25) is 23.9 Å². The van der Waals surface area contributed by atoms with E-state index in [1.807, 2.05) is 4.90 Å². The van der Waals surface area contributed by atoms with Crippen molar-refractivity contribution in [3.05, 3.63) is 51.5 Å². The molecule has 2 heterocycles. The van der Waals surface area contributed by atoms with Crippen LogP contribution in [0.1, 0.15) is 37.9 Å². The molecular weight excluding hydrogens is 497 g/mol. The van der Waals surface area contributed by atoms with Gasteiger partial charge in [-0.1, -0.05) is 23.7 Å². The number of alkyl halides is 3. The topological polar surface area (TPSA) is 84.3 Å². The van der Waals surface area contributed by atoms with Crippen molar-refractivity contribution in [1.82, 2.24) is 19.8 Å². The van der Waals surface area contributed by atoms with E-state index in [-0.39, 0.29) is 49.2 Å². The van der Waals surface area contributed by atoms with E-state index in [2.05, 4.69) is 10.3 Å². The lowest BCUT2D eigenvalue weighted by atomic mass is 9.91. The molecule has 0 aliphatic carbocycles. The van der Waals surface area contributed by atoms with Crippen LogP contribution in [0.3, 0.4) is 0 Å². The van der Waals surface area contributed by atoms with Gasteiger partial charge >= 0.3 is 6.18 Å². The Labute approximate surface area is 212 Å². The summed E-state index contributed by atoms with van der Waals surface area (Å²) in [6.07, 6.45) is -3.87. The molecule has 0 bridgehead atoms. The predicted molar refractivity (Wildman–Crippen MR) is 131 cm³/mol. The Kier molecular flexibility index (Phi) is 9.67. The number of likely N-dealkylation sites (N-methyl/N-ethyl adjacent to an activating group) is 1. The number of aryl methyl sites for hydroxylation is 1. The van der Waals surface area contributed by atoms with Crippen LogP contribution in [-0.2, 0) is 22.6 Å². The number of halogens is 4. The van der Waals surface area contributed by atoms with Crippen LogP contribution in [0.2, 0.25) is 5.02 Å². The number of amides is 1. The fraction of sp³-hybridized carbons (Fsp3) is 0.520. The van der Waals surface area contributed by atoms with Crippen LogP contribution < -0.4 is 10.9 Å². The first-order chi connectivity index (χ1) is 17.0. The summed E-state index contributed by atoms with van der Waals surface area (Å²) >= 11 is 5.92. The Morgan fingerprint density at radius 2 is 1.81 bits per heavy atom. The third-order valence-corrected chi connectivity index (χ3v) is 6.54. The Balaban J connectivity index is 1.71. The fourth-order valence-electron chi connectivity index (χ4n) is 4.32. The summed E-state index contributed by atoms with van der Waals surface area (Å²) in [6, 6.07) is 7.92. The van der Waals surface area contributed by atoms with Gasteiger partial charge in [0.2, 0.25) is 5.91 Å². The monoisotopic (exact) mass is 526 g/mol. The summed E-state index contributed by atoms with van der Waals surface area (Å²) < 4.78 is 39.4. The van der Waals surface area contributed by atoms with Gasteiger partial charge in [0, 0.05) is 43.0 Å². The highest BCUT2D eigenvalue weighted by Gasteiger charge is 2.27. The van der Waals surface area contributed by atoms with Gasteiger partial charge in [0.15, 0.2) is 5.78 Å². The zero-order valence-electron chi connectivity index (χ0n) is 20.1. The first kappa shape index (κ1) is 27.9. The lowest BCUT2D eigenvalue weighted by molar-refractivity contribution is -0.135. The third-order valence-electron chi connectivity index (χ3n) is 6.29. The number of rotatable bonds is 10. The second-order valence-corrected chi connectivity index (χ2v) is 9.53. The zero-order valence-corrected chi connectivity index (χ0v) is 20.9. The first-order valence-corrected chi connectivity index (χ1v) is 12.3. The molecule has 1 aliphatic heterocycles. The van der Waals surface area contributed by atoms with E-state index in [1.54, 1.807) is 31.3 Å². The van der Waals surface area contributed by atoms with E-state index in [1.165, 1.54) is 10.6 Å². The van der Waals surface area contributed by atoms with Crippen molar-refractivity contribution in [2.24, 2.45) is 5.92 Å². The molecule has 3 rings (SSSR count). The SMILES string of the molecule is CNC(=O)CN1CCC(CC(=O)Cn2c(CCCC(F)(F)F)nc(-c3ccc(Cl)cc3)cc2=O)CC1. The molecule has 36 heavy (non-hydrogen) atoms. The Morgan fingerprint density at radius 3 is 2.42 bits per heavy atom. The molecule has 1 N–H and O–H groups in total. The van der Waals surface area contributed by atoms with Crippen LogP contribution in [0.4, 0.5) is 13.2 Å². The Hall–Kier alpha value is -2.72. The molecule has 0 unspecified atom stereocenters. The molecule has 1 saturated heterocycles. The number of aromatic nitrogens is 2. The summed E-state index contributed by atoms with van der Waals surface area (Å²) in [5.41, 5.74) is 0.451. The summed E-state index contributed by atoms with van der Waals surface area (Å²) in [7, 11) is 1.59. The summed E-state index contributed by atoms with van der Waals surface area (Å²) in [5.74, 6) is 0.0611. The smallest absolute Gasteiger partial charge is 0.358 e. The van der Waals surface area contributed by atoms with Crippen LogP contribution in [0, 0.1) is 5.92 Å². The quantitative estimate of drug-likeness (QED) is 0.508. The largest absolute Gasteiger partial charge is 0.389 e. The van der Waals surface area contributed by atoms with Gasteiger partial charge < -0.3 is 5.32 Å². The van der Waals surface area contributed by atoms with Gasteiger partial charge in [-0.15, -0.1) is 0 Å². The molecule has 1 aliphatic rings. The van der Waals surface area contributed by atoms with E-state index >= 15 is 0 Å². The molecule has 196 valence electrons. The standard InChI is InChI=1S/C25H30ClF3N4O3/c1-30-23(35)16-32-11-8-17(9-12-32)13-20(34)15-33-22(3-2-10-25(27,28)29)31-21(14-24(33)36)18-4-6-19(26)7-5-18/h4-7,14,17H,2-3,8-13,15-16H2,1H3,(H,30,35). The van der Waals surface area contributed by atoms with Crippen molar-refractivity contribution in [2.75, 3.05) is 26.7 Å². The number of nitrogens with one attached hydrogen (secondary N) is 1. The second kappa shape index (κ2) is 12.5. The highest BCUT2D eigenvalue weighted by molar-refractivity contribution is 6.30. The van der Waals surface area contributed by atoms with Crippen molar-refractivity contribution in [1.29, 1.82) is 0 Å². The van der Waals surface area contributed by atoms with Gasteiger partial charge in [0.05, 0.1) is 18.8 Å². The third kappa shape index (κ3) is 8.44. The number of piperidine rings is 1. The van der Waals surface area contributed by atoms with Crippen LogP contribution in [0.15, 0.2) is 35.1 Å². The maximum absolute atomic E-state index is 12.9. The normalized spacial score (nSPS) is 15.1. The maximum atomic E-state index is 12.9. The van der Waals surface area contributed by atoms with E-state index in [9.17, 15) is 27.6 Å². The molecular formula is C25H30ClF3N4O3. The fourth-order valence-corrected chi connectivity index (χ4v) is 4.45. The van der Waals surface area contributed by atoms with Crippen molar-refractivity contribution in [3.8, 4) is 11.3 Å². The molecule has 0 atom stereocenters. The second-order valence-electron chi connectivity index (χ2n) is 9.09. The Bertz CT molecular complexity index is 1110. The van der Waals surface area contributed by atoms with E-state index < -0.39 is 18.2 Å². The minimum absolute atomic E-state index is 0.0588. The minimum atomic E-state index is -4.32. The number of nitrogens with zero attached hydrogens (tertiary/aromatic N) is 3. The Morgan fingerprint density at radius 1 is 1.14 bits per heavy atom. The molecule has 7 nitrogen and oxygen atoms in total. The number of carbonyl (C=O) groups excluding carboxylic acids is 2. The van der Waals surface area contributed by atoms with Crippen molar-refractivity contribution < 1.29 is 22.8 Å². The van der Waals surface area contributed by atoms with Crippen molar-refractivity contribution in [2.45, 2.75) is 51.2 Å². The number of Topliss-reactive ketones (excluding diaryl/α,β-unsaturated/α-hetero) is 1. The molecule has 2 aromatic rings. The molecule has 0 radical (unpaired) electrons. The average molecular weight is 527 g/mol. The number of hydrogen-bond donors (Lipinski definition) is 1. The lowest BCUT2D eigenvalue weighted by Crippen LogP contribution is -2.41. The summed E-state index contributed by atoms with van der Waals surface area (Å²) in [4.78, 5) is 43.8. The number of likely N-dealkylation sites (tertiary alicyclic amines) is 1. The van der Waals surface area contributed by atoms with Crippen LogP contribution in [-0.4, -0.2) is 59.0 Å².